The second-order valence-electron chi connectivity index (χ2n) is 3.18. The summed E-state index contributed by atoms with van der Waals surface area (Å²) in [5.41, 5.74) is -0.447. The highest BCUT2D eigenvalue weighted by Crippen LogP contribution is 2.00. The summed E-state index contributed by atoms with van der Waals surface area (Å²) in [4.78, 5) is 3.43. The lowest BCUT2D eigenvalue weighted by molar-refractivity contribution is 0.143. The van der Waals surface area contributed by atoms with Crippen molar-refractivity contribution >= 4 is 0 Å². The molecule has 0 fully saturated rings. The molecule has 0 aliphatic heterocycles. The fourth-order valence-electron chi connectivity index (χ4n) is 0.675. The summed E-state index contributed by atoms with van der Waals surface area (Å²) in [6, 6.07) is 2.75. The van der Waals surface area contributed by atoms with E-state index >= 15 is 0 Å². The van der Waals surface area contributed by atoms with Crippen LogP contribution in [0.3, 0.4) is 0 Å². The van der Waals surface area contributed by atoms with Gasteiger partial charge in [0.15, 0.2) is 0 Å². The second-order valence-corrected chi connectivity index (χ2v) is 3.18. The molecule has 1 aromatic rings. The van der Waals surface area contributed by atoms with E-state index in [0.717, 1.165) is 0 Å². The standard InChI is InChI=1S/C10H10FNO/c1-10(2,13)6-5-8-3-4-9(11)12-7-8/h3-4,7,13H,1-2H3. The van der Waals surface area contributed by atoms with Crippen LogP contribution in [-0.2, 0) is 0 Å². The number of aliphatic hydroxyl groups is 1. The zero-order valence-electron chi connectivity index (χ0n) is 7.50. The van der Waals surface area contributed by atoms with Crippen molar-refractivity contribution in [1.29, 1.82) is 0 Å². The molecule has 0 aromatic carbocycles. The third-order valence-electron chi connectivity index (χ3n) is 1.24. The smallest absolute Gasteiger partial charge is 0.212 e. The number of rotatable bonds is 0. The van der Waals surface area contributed by atoms with Crippen molar-refractivity contribution in [3.05, 3.63) is 29.8 Å². The minimum absolute atomic E-state index is 0.534. The number of hydrogen-bond acceptors (Lipinski definition) is 2. The summed E-state index contributed by atoms with van der Waals surface area (Å²) < 4.78 is 12.4. The van der Waals surface area contributed by atoms with Gasteiger partial charge in [0.05, 0.1) is 0 Å². The first-order valence-corrected chi connectivity index (χ1v) is 3.84. The first kappa shape index (κ1) is 9.69. The van der Waals surface area contributed by atoms with E-state index in [2.05, 4.69) is 16.8 Å². The van der Waals surface area contributed by atoms with Crippen molar-refractivity contribution < 1.29 is 9.50 Å². The van der Waals surface area contributed by atoms with Crippen molar-refractivity contribution in [1.82, 2.24) is 4.98 Å². The molecule has 0 unspecified atom stereocenters. The molecule has 1 rings (SSSR count). The van der Waals surface area contributed by atoms with Crippen LogP contribution in [0.15, 0.2) is 18.3 Å². The van der Waals surface area contributed by atoms with E-state index in [1.54, 1.807) is 13.8 Å². The van der Waals surface area contributed by atoms with Gasteiger partial charge in [0.2, 0.25) is 5.95 Å². The first-order chi connectivity index (χ1) is 5.97. The van der Waals surface area contributed by atoms with Crippen molar-refractivity contribution in [3.8, 4) is 11.8 Å². The van der Waals surface area contributed by atoms with E-state index in [0.29, 0.717) is 5.56 Å². The van der Waals surface area contributed by atoms with Gasteiger partial charge in [0.1, 0.15) is 5.60 Å². The Morgan fingerprint density at radius 3 is 2.62 bits per heavy atom. The van der Waals surface area contributed by atoms with Gasteiger partial charge in [-0.2, -0.15) is 4.39 Å². The Morgan fingerprint density at radius 2 is 2.15 bits per heavy atom. The highest BCUT2D eigenvalue weighted by atomic mass is 19.1. The normalized spacial score (nSPS) is 10.5. The van der Waals surface area contributed by atoms with E-state index in [1.807, 2.05) is 0 Å². The predicted octanol–water partition coefficient (Wildman–Crippen LogP) is 1.34. The molecular formula is C10H10FNO. The van der Waals surface area contributed by atoms with Gasteiger partial charge in [0.25, 0.3) is 0 Å². The highest BCUT2D eigenvalue weighted by Gasteiger charge is 2.05. The third kappa shape index (κ3) is 3.68. The molecular weight excluding hydrogens is 169 g/mol. The Hall–Kier alpha value is -1.40. The van der Waals surface area contributed by atoms with Gasteiger partial charge in [0, 0.05) is 11.8 Å². The molecule has 1 heterocycles. The topological polar surface area (TPSA) is 33.1 Å². The molecule has 3 heteroatoms. The van der Waals surface area contributed by atoms with Crippen LogP contribution in [0.25, 0.3) is 0 Å². The fourth-order valence-corrected chi connectivity index (χ4v) is 0.675. The maximum atomic E-state index is 12.4. The molecule has 0 aliphatic carbocycles. The number of aromatic nitrogens is 1. The van der Waals surface area contributed by atoms with Crippen LogP contribution < -0.4 is 0 Å². The molecule has 0 saturated heterocycles. The Kier molecular flexibility index (Phi) is 2.64. The minimum Gasteiger partial charge on any atom is -0.378 e. The monoisotopic (exact) mass is 179 g/mol. The maximum absolute atomic E-state index is 12.4. The van der Waals surface area contributed by atoms with E-state index in [-0.39, 0.29) is 0 Å². The summed E-state index contributed by atoms with van der Waals surface area (Å²) in [5.74, 6) is 4.75. The fraction of sp³-hybridized carbons (Fsp3) is 0.300. The molecule has 0 spiro atoms. The third-order valence-corrected chi connectivity index (χ3v) is 1.24. The molecule has 0 bridgehead atoms. The van der Waals surface area contributed by atoms with Crippen molar-refractivity contribution in [2.45, 2.75) is 19.4 Å². The lowest BCUT2D eigenvalue weighted by Gasteiger charge is -2.05. The van der Waals surface area contributed by atoms with Gasteiger partial charge >= 0.3 is 0 Å². The van der Waals surface area contributed by atoms with Crippen molar-refractivity contribution in [2.75, 3.05) is 0 Å². The second kappa shape index (κ2) is 3.55. The SMILES string of the molecule is CC(C)(O)C#Cc1ccc(F)nc1. The van der Waals surface area contributed by atoms with Gasteiger partial charge in [-0.3, -0.25) is 0 Å². The van der Waals surface area contributed by atoms with Gasteiger partial charge < -0.3 is 5.11 Å². The number of hydrogen-bond donors (Lipinski definition) is 1. The summed E-state index contributed by atoms with van der Waals surface area (Å²) >= 11 is 0. The predicted molar refractivity (Wildman–Crippen MR) is 47.4 cm³/mol. The molecule has 2 nitrogen and oxygen atoms in total. The minimum atomic E-state index is -1.03. The number of nitrogens with zero attached hydrogens (tertiary/aromatic N) is 1. The quantitative estimate of drug-likeness (QED) is 0.481. The summed E-state index contributed by atoms with van der Waals surface area (Å²) in [5, 5.41) is 9.27. The van der Waals surface area contributed by atoms with E-state index in [9.17, 15) is 9.50 Å². The number of pyridine rings is 1. The molecule has 0 atom stereocenters. The van der Waals surface area contributed by atoms with Gasteiger partial charge in [-0.05, 0) is 26.0 Å². The van der Waals surface area contributed by atoms with E-state index in [4.69, 9.17) is 0 Å². The van der Waals surface area contributed by atoms with Crippen molar-refractivity contribution in [3.63, 3.8) is 0 Å². The van der Waals surface area contributed by atoms with E-state index in [1.165, 1.54) is 18.3 Å². The summed E-state index contributed by atoms with van der Waals surface area (Å²) in [6.45, 7) is 3.16. The Morgan fingerprint density at radius 1 is 1.46 bits per heavy atom. The molecule has 1 aromatic heterocycles. The summed E-state index contributed by atoms with van der Waals surface area (Å²) in [7, 11) is 0. The molecule has 0 saturated carbocycles. The molecule has 0 aliphatic rings. The molecule has 0 radical (unpaired) electrons. The zero-order valence-corrected chi connectivity index (χ0v) is 7.50. The largest absolute Gasteiger partial charge is 0.378 e. The Bertz CT molecular complexity index is 340. The maximum Gasteiger partial charge on any atom is 0.212 e. The molecule has 68 valence electrons. The van der Waals surface area contributed by atoms with Crippen LogP contribution in [0.4, 0.5) is 4.39 Å². The number of halogens is 1. The van der Waals surface area contributed by atoms with Crippen LogP contribution in [0.1, 0.15) is 19.4 Å². The van der Waals surface area contributed by atoms with Crippen LogP contribution in [0.5, 0.6) is 0 Å². The molecule has 1 N–H and O–H groups in total. The van der Waals surface area contributed by atoms with Crippen LogP contribution in [-0.4, -0.2) is 15.7 Å². The molecule has 0 amide bonds. The van der Waals surface area contributed by atoms with Crippen molar-refractivity contribution in [2.24, 2.45) is 0 Å². The lowest BCUT2D eigenvalue weighted by atomic mass is 10.1. The van der Waals surface area contributed by atoms with Crippen LogP contribution >= 0.6 is 0 Å². The Labute approximate surface area is 76.4 Å². The van der Waals surface area contributed by atoms with Crippen LogP contribution in [0, 0.1) is 17.8 Å². The Balaban J connectivity index is 2.85. The average molecular weight is 179 g/mol. The summed E-state index contributed by atoms with van der Waals surface area (Å²) in [6.07, 6.45) is 1.33. The van der Waals surface area contributed by atoms with Gasteiger partial charge in [-0.1, -0.05) is 11.8 Å². The average Bonchev–Trinajstić information content (AvgIpc) is 2.02. The van der Waals surface area contributed by atoms with Gasteiger partial charge in [-0.25, -0.2) is 4.98 Å². The van der Waals surface area contributed by atoms with Crippen LogP contribution in [0.2, 0.25) is 0 Å². The zero-order chi connectivity index (χ0) is 9.90. The van der Waals surface area contributed by atoms with Gasteiger partial charge in [-0.15, -0.1) is 0 Å². The highest BCUT2D eigenvalue weighted by molar-refractivity contribution is 5.33. The van der Waals surface area contributed by atoms with E-state index < -0.39 is 11.5 Å². The molecule has 13 heavy (non-hydrogen) atoms. The lowest BCUT2D eigenvalue weighted by Crippen LogP contribution is -2.14. The first-order valence-electron chi connectivity index (χ1n) is 3.84.